The van der Waals surface area contributed by atoms with Gasteiger partial charge in [-0.3, -0.25) is 19.5 Å². The highest BCUT2D eigenvalue weighted by molar-refractivity contribution is 6.05. The first kappa shape index (κ1) is 29.0. The fourth-order valence-electron chi connectivity index (χ4n) is 5.43. The molecule has 0 spiro atoms. The van der Waals surface area contributed by atoms with Crippen LogP contribution in [0.25, 0.3) is 11.4 Å². The van der Waals surface area contributed by atoms with Gasteiger partial charge in [0.15, 0.2) is 0 Å². The Kier molecular flexibility index (Phi) is 7.61. The molecular formula is C31H37N5O6. The number of amides is 4. The van der Waals surface area contributed by atoms with Gasteiger partial charge >= 0.3 is 12.1 Å². The second-order valence-corrected chi connectivity index (χ2v) is 11.5. The number of imidazole rings is 1. The number of fused-ring (bicyclic) bond motifs is 1. The minimum atomic E-state index is -0.576. The van der Waals surface area contributed by atoms with E-state index in [9.17, 15) is 14.4 Å². The lowest BCUT2D eigenvalue weighted by Gasteiger charge is -2.34. The molecule has 0 aliphatic carbocycles. The van der Waals surface area contributed by atoms with E-state index in [-0.39, 0.29) is 37.6 Å². The molecular weight excluding hydrogens is 538 g/mol. The van der Waals surface area contributed by atoms with Gasteiger partial charge in [0.25, 0.3) is 0 Å². The molecule has 3 heterocycles. The molecule has 1 unspecified atom stereocenters. The molecule has 42 heavy (non-hydrogen) atoms. The predicted octanol–water partition coefficient (Wildman–Crippen LogP) is 5.27. The number of imide groups is 1. The van der Waals surface area contributed by atoms with E-state index in [1.165, 1.54) is 12.0 Å². The van der Waals surface area contributed by atoms with E-state index < -0.39 is 11.6 Å². The van der Waals surface area contributed by atoms with E-state index in [0.717, 1.165) is 16.7 Å². The van der Waals surface area contributed by atoms with Crippen molar-refractivity contribution in [1.82, 2.24) is 19.4 Å². The molecule has 5 rings (SSSR count). The predicted molar refractivity (Wildman–Crippen MR) is 156 cm³/mol. The van der Waals surface area contributed by atoms with Crippen LogP contribution in [-0.2, 0) is 29.7 Å². The normalized spacial score (nSPS) is 17.0. The summed E-state index contributed by atoms with van der Waals surface area (Å²) in [6, 6.07) is 10.7. The number of aromatic nitrogens is 2. The fourth-order valence-corrected chi connectivity index (χ4v) is 5.43. The molecule has 2 aliphatic rings. The van der Waals surface area contributed by atoms with Crippen LogP contribution in [0.3, 0.4) is 0 Å². The molecule has 0 N–H and O–H groups in total. The number of carbonyl (C=O) groups is 3. The van der Waals surface area contributed by atoms with Crippen molar-refractivity contribution >= 4 is 23.8 Å². The van der Waals surface area contributed by atoms with Crippen molar-refractivity contribution in [2.75, 3.05) is 25.7 Å². The van der Waals surface area contributed by atoms with Crippen molar-refractivity contribution in [3.05, 3.63) is 59.3 Å². The van der Waals surface area contributed by atoms with Gasteiger partial charge in [-0.15, -0.1) is 0 Å². The summed E-state index contributed by atoms with van der Waals surface area (Å²) >= 11 is 0. The highest BCUT2D eigenvalue weighted by Crippen LogP contribution is 2.37. The molecule has 1 saturated heterocycles. The van der Waals surface area contributed by atoms with Gasteiger partial charge in [-0.2, -0.15) is 0 Å². The van der Waals surface area contributed by atoms with Crippen molar-refractivity contribution in [2.45, 2.75) is 58.8 Å². The van der Waals surface area contributed by atoms with Gasteiger partial charge in [0.05, 0.1) is 33.0 Å². The zero-order valence-corrected chi connectivity index (χ0v) is 25.1. The van der Waals surface area contributed by atoms with E-state index >= 15 is 0 Å². The van der Waals surface area contributed by atoms with Crippen molar-refractivity contribution in [1.29, 1.82) is 0 Å². The van der Waals surface area contributed by atoms with E-state index in [1.807, 2.05) is 57.5 Å². The topological polar surface area (TPSA) is 106 Å². The molecule has 0 saturated carbocycles. The third-order valence-electron chi connectivity index (χ3n) is 7.67. The third kappa shape index (κ3) is 5.38. The van der Waals surface area contributed by atoms with Crippen LogP contribution >= 0.6 is 0 Å². The van der Waals surface area contributed by atoms with Gasteiger partial charge in [-0.05, 0) is 57.0 Å². The van der Waals surface area contributed by atoms with E-state index in [4.69, 9.17) is 14.2 Å². The highest BCUT2D eigenvalue weighted by atomic mass is 16.6. The quantitative estimate of drug-likeness (QED) is 0.394. The Bertz CT molecular complexity index is 1540. The molecule has 4 amide bonds. The zero-order valence-electron chi connectivity index (χ0n) is 25.1. The first-order valence-electron chi connectivity index (χ1n) is 13.9. The number of carbonyl (C=O) groups excluding carboxylic acids is 3. The van der Waals surface area contributed by atoms with Gasteiger partial charge in [0, 0.05) is 43.8 Å². The van der Waals surface area contributed by atoms with Gasteiger partial charge in [-0.25, -0.2) is 14.6 Å². The van der Waals surface area contributed by atoms with Crippen LogP contribution in [0.1, 0.15) is 56.8 Å². The smallest absolute Gasteiger partial charge is 0.411 e. The molecule has 11 heteroatoms. The van der Waals surface area contributed by atoms with Crippen molar-refractivity contribution < 1.29 is 28.6 Å². The number of benzene rings is 2. The zero-order chi connectivity index (χ0) is 30.3. The molecule has 2 aromatic carbocycles. The number of nitrogens with zero attached hydrogens (tertiary/aromatic N) is 5. The van der Waals surface area contributed by atoms with E-state index in [2.05, 4.69) is 4.98 Å². The van der Waals surface area contributed by atoms with Crippen molar-refractivity contribution in [3.63, 3.8) is 0 Å². The lowest BCUT2D eigenvalue weighted by Crippen LogP contribution is -2.52. The monoisotopic (exact) mass is 575 g/mol. The van der Waals surface area contributed by atoms with Crippen molar-refractivity contribution in [2.24, 2.45) is 7.05 Å². The molecule has 0 bridgehead atoms. The van der Waals surface area contributed by atoms with Crippen LogP contribution in [0, 0.1) is 0 Å². The average Bonchev–Trinajstić information content (AvgIpc) is 3.49. The Labute approximate surface area is 245 Å². The summed E-state index contributed by atoms with van der Waals surface area (Å²) in [7, 11) is 4.95. The summed E-state index contributed by atoms with van der Waals surface area (Å²) in [6.45, 7) is 8.35. The lowest BCUT2D eigenvalue weighted by molar-refractivity contribution is -0.129. The number of hydrogen-bond donors (Lipinski definition) is 0. The summed E-state index contributed by atoms with van der Waals surface area (Å²) in [5.74, 6) is 2.15. The van der Waals surface area contributed by atoms with Gasteiger partial charge in [-0.1, -0.05) is 12.1 Å². The fraction of sp³-hybridized carbons (Fsp3) is 0.419. The Morgan fingerprint density at radius 1 is 1.07 bits per heavy atom. The number of methoxy groups -OCH3 is 2. The molecule has 0 radical (unpaired) electrons. The van der Waals surface area contributed by atoms with Crippen LogP contribution in [0.2, 0.25) is 0 Å². The average molecular weight is 576 g/mol. The molecule has 2 aliphatic heterocycles. The standard InChI is InChI=1S/C31H37N5O6/c1-19-24-14-20(8-9-21(24)17-35(19)30(39)42-31(2,3)4)28-32-16-26(33(28)5)34-13-12-27(37)36(29(34)38)18-22-10-11-23(40-6)15-25(22)41-7/h8-11,14-16,19H,12-13,17-18H2,1-7H3. The van der Waals surface area contributed by atoms with Crippen LogP contribution < -0.4 is 14.4 Å². The maximum Gasteiger partial charge on any atom is 0.411 e. The maximum atomic E-state index is 13.6. The van der Waals surface area contributed by atoms with Crippen molar-refractivity contribution in [3.8, 4) is 22.9 Å². The Morgan fingerprint density at radius 2 is 1.83 bits per heavy atom. The van der Waals surface area contributed by atoms with Gasteiger partial charge in [0.1, 0.15) is 28.7 Å². The summed E-state index contributed by atoms with van der Waals surface area (Å²) in [4.78, 5) is 48.5. The van der Waals surface area contributed by atoms with Gasteiger partial charge in [0.2, 0.25) is 5.91 Å². The van der Waals surface area contributed by atoms with E-state index in [1.54, 1.807) is 41.3 Å². The maximum absolute atomic E-state index is 13.6. The molecule has 11 nitrogen and oxygen atoms in total. The van der Waals surface area contributed by atoms with Crippen LogP contribution in [-0.4, -0.2) is 63.7 Å². The molecule has 1 atom stereocenters. The lowest BCUT2D eigenvalue weighted by atomic mass is 10.0. The first-order valence-corrected chi connectivity index (χ1v) is 13.9. The molecule has 3 aromatic rings. The van der Waals surface area contributed by atoms with E-state index in [0.29, 0.717) is 35.2 Å². The number of rotatable bonds is 6. The summed E-state index contributed by atoms with van der Waals surface area (Å²) < 4.78 is 18.2. The largest absolute Gasteiger partial charge is 0.497 e. The molecule has 222 valence electrons. The number of anilines is 1. The summed E-state index contributed by atoms with van der Waals surface area (Å²) in [6.07, 6.45) is 1.49. The highest BCUT2D eigenvalue weighted by Gasteiger charge is 2.36. The minimum Gasteiger partial charge on any atom is -0.497 e. The molecule has 1 aromatic heterocycles. The van der Waals surface area contributed by atoms with Crippen LogP contribution in [0.15, 0.2) is 42.6 Å². The number of hydrogen-bond acceptors (Lipinski definition) is 7. The second-order valence-electron chi connectivity index (χ2n) is 11.5. The Balaban J connectivity index is 1.37. The molecule has 1 fully saturated rings. The van der Waals surface area contributed by atoms with Crippen LogP contribution in [0.4, 0.5) is 15.4 Å². The first-order chi connectivity index (χ1) is 19.9. The second kappa shape index (κ2) is 11.0. The number of ether oxygens (including phenoxy) is 3. The Morgan fingerprint density at radius 3 is 2.52 bits per heavy atom. The van der Waals surface area contributed by atoms with Crippen LogP contribution in [0.5, 0.6) is 11.5 Å². The third-order valence-corrected chi connectivity index (χ3v) is 7.67. The SMILES string of the molecule is COc1ccc(CN2C(=O)CCN(c3cnc(-c4ccc5c(c4)C(C)N(C(=O)OC(C)(C)C)C5)n3C)C2=O)c(OC)c1. The van der Waals surface area contributed by atoms with Gasteiger partial charge < -0.3 is 18.8 Å². The summed E-state index contributed by atoms with van der Waals surface area (Å²) in [5.41, 5.74) is 3.07. The summed E-state index contributed by atoms with van der Waals surface area (Å²) in [5, 5.41) is 0. The Hall–Kier alpha value is -4.54. The number of urea groups is 1. The minimum absolute atomic E-state index is 0.0723.